The van der Waals surface area contributed by atoms with Gasteiger partial charge in [0.2, 0.25) is 0 Å². The quantitative estimate of drug-likeness (QED) is 0.676. The van der Waals surface area contributed by atoms with Gasteiger partial charge in [0.1, 0.15) is 0 Å². The maximum Gasteiger partial charge on any atom is 0.0869 e. The van der Waals surface area contributed by atoms with Crippen LogP contribution in [-0.2, 0) is 0 Å². The highest BCUT2D eigenvalue weighted by Gasteiger charge is 2.23. The van der Waals surface area contributed by atoms with Crippen molar-refractivity contribution in [1.29, 1.82) is 5.26 Å². The van der Waals surface area contributed by atoms with Crippen molar-refractivity contribution in [2.45, 2.75) is 39.3 Å². The van der Waals surface area contributed by atoms with E-state index < -0.39 is 5.60 Å². The van der Waals surface area contributed by atoms with Crippen molar-refractivity contribution in [2.24, 2.45) is 5.92 Å². The minimum Gasteiger partial charge on any atom is -0.388 e. The topological polar surface area (TPSA) is 59.3 Å². The summed E-state index contributed by atoms with van der Waals surface area (Å²) in [6, 6.07) is 2.56. The zero-order valence-corrected chi connectivity index (χ0v) is 11.1. The average molecular weight is 227 g/mol. The molecule has 0 saturated carbocycles. The van der Waals surface area contributed by atoms with Gasteiger partial charge in [-0.3, -0.25) is 0 Å². The first-order valence-corrected chi connectivity index (χ1v) is 5.81. The Morgan fingerprint density at radius 1 is 1.44 bits per heavy atom. The van der Waals surface area contributed by atoms with Crippen LogP contribution in [-0.4, -0.2) is 48.3 Å². The number of nitrogens with one attached hydrogen (secondary N) is 1. The molecule has 0 aromatic rings. The molecule has 16 heavy (non-hydrogen) atoms. The van der Waals surface area contributed by atoms with Crippen molar-refractivity contribution in [1.82, 2.24) is 10.2 Å². The fraction of sp³-hybridized carbons (Fsp3) is 0.917. The Balaban J connectivity index is 4.00. The first-order valence-electron chi connectivity index (χ1n) is 5.81. The second-order valence-electron chi connectivity index (χ2n) is 5.26. The van der Waals surface area contributed by atoms with E-state index in [0.717, 1.165) is 0 Å². The number of rotatable bonds is 7. The van der Waals surface area contributed by atoms with E-state index in [4.69, 9.17) is 5.26 Å². The molecule has 2 unspecified atom stereocenters. The summed E-state index contributed by atoms with van der Waals surface area (Å²) in [6.45, 7) is 9.63. The van der Waals surface area contributed by atoms with Gasteiger partial charge in [0.15, 0.2) is 0 Å². The second kappa shape index (κ2) is 6.85. The molecule has 0 aliphatic heterocycles. The number of likely N-dealkylation sites (N-methyl/N-ethyl adjacent to an activating group) is 1. The second-order valence-corrected chi connectivity index (χ2v) is 5.26. The molecule has 0 aliphatic rings. The summed E-state index contributed by atoms with van der Waals surface area (Å²) in [6.07, 6.45) is 0. The maximum atomic E-state index is 10.1. The molecule has 0 aliphatic carbocycles. The van der Waals surface area contributed by atoms with Crippen molar-refractivity contribution < 1.29 is 5.11 Å². The Kier molecular flexibility index (Phi) is 6.58. The Morgan fingerprint density at radius 2 is 2.00 bits per heavy atom. The Bertz CT molecular complexity index is 233. The molecule has 2 atom stereocenters. The molecule has 0 saturated heterocycles. The van der Waals surface area contributed by atoms with Crippen molar-refractivity contribution in [3.63, 3.8) is 0 Å². The van der Waals surface area contributed by atoms with E-state index in [9.17, 15) is 5.11 Å². The predicted octanol–water partition coefficient (Wildman–Crippen LogP) is 0.827. The molecular weight excluding hydrogens is 202 g/mol. The molecule has 4 heteroatoms. The summed E-state index contributed by atoms with van der Waals surface area (Å²) in [5.74, 6) is -0.00106. The Hall–Kier alpha value is -0.630. The van der Waals surface area contributed by atoms with Crippen LogP contribution in [0, 0.1) is 17.2 Å². The van der Waals surface area contributed by atoms with Crippen LogP contribution in [0.15, 0.2) is 0 Å². The Morgan fingerprint density at radius 3 is 2.44 bits per heavy atom. The lowest BCUT2D eigenvalue weighted by Crippen LogP contribution is -2.48. The van der Waals surface area contributed by atoms with Crippen molar-refractivity contribution in [3.05, 3.63) is 0 Å². The van der Waals surface area contributed by atoms with E-state index in [2.05, 4.69) is 25.2 Å². The minimum atomic E-state index is -0.756. The van der Waals surface area contributed by atoms with E-state index in [-0.39, 0.29) is 5.92 Å². The third kappa shape index (κ3) is 7.63. The molecule has 0 amide bonds. The van der Waals surface area contributed by atoms with Crippen LogP contribution in [0.1, 0.15) is 27.7 Å². The van der Waals surface area contributed by atoms with Crippen LogP contribution >= 0.6 is 0 Å². The third-order valence-electron chi connectivity index (χ3n) is 2.31. The first kappa shape index (κ1) is 15.4. The summed E-state index contributed by atoms with van der Waals surface area (Å²) in [7, 11) is 1.93. The molecule has 0 heterocycles. The van der Waals surface area contributed by atoms with Gasteiger partial charge in [0.05, 0.1) is 17.6 Å². The van der Waals surface area contributed by atoms with Gasteiger partial charge in [0, 0.05) is 25.7 Å². The number of hydrogen-bond donors (Lipinski definition) is 2. The molecule has 2 N–H and O–H groups in total. The van der Waals surface area contributed by atoms with Gasteiger partial charge in [-0.25, -0.2) is 0 Å². The van der Waals surface area contributed by atoms with Crippen molar-refractivity contribution in [3.8, 4) is 6.07 Å². The van der Waals surface area contributed by atoms with Gasteiger partial charge < -0.3 is 15.3 Å². The van der Waals surface area contributed by atoms with Gasteiger partial charge in [-0.1, -0.05) is 13.8 Å². The molecule has 0 rings (SSSR count). The fourth-order valence-corrected chi connectivity index (χ4v) is 1.63. The lowest BCUT2D eigenvalue weighted by atomic mass is 10.1. The van der Waals surface area contributed by atoms with Crippen LogP contribution in [0.3, 0.4) is 0 Å². The van der Waals surface area contributed by atoms with Crippen LogP contribution in [0.4, 0.5) is 0 Å². The number of nitrogens with zero attached hydrogens (tertiary/aromatic N) is 2. The molecule has 0 aromatic carbocycles. The van der Waals surface area contributed by atoms with Crippen LogP contribution in [0.5, 0.6) is 0 Å². The highest BCUT2D eigenvalue weighted by molar-refractivity contribution is 4.84. The Labute approximate surface area is 99.3 Å². The van der Waals surface area contributed by atoms with Crippen molar-refractivity contribution in [2.75, 3.05) is 26.7 Å². The molecule has 94 valence electrons. The van der Waals surface area contributed by atoms with E-state index in [1.54, 1.807) is 0 Å². The van der Waals surface area contributed by atoms with E-state index in [1.165, 1.54) is 0 Å². The number of aliphatic hydroxyl groups is 1. The zero-order valence-electron chi connectivity index (χ0n) is 11.1. The zero-order chi connectivity index (χ0) is 12.8. The van der Waals surface area contributed by atoms with Crippen LogP contribution in [0.2, 0.25) is 0 Å². The molecule has 0 bridgehead atoms. The summed E-state index contributed by atoms with van der Waals surface area (Å²) in [5.41, 5.74) is -0.756. The average Bonchev–Trinajstić information content (AvgIpc) is 2.13. The standard InChI is InChI=1S/C12H25N3O/c1-10(2)14-8-12(4,16)9-15(5)7-11(3)6-13/h10-11,14,16H,7-9H2,1-5H3. The lowest BCUT2D eigenvalue weighted by Gasteiger charge is -2.30. The molecule has 0 radical (unpaired) electrons. The van der Waals surface area contributed by atoms with Gasteiger partial charge in [-0.05, 0) is 20.9 Å². The van der Waals surface area contributed by atoms with Gasteiger partial charge in [-0.15, -0.1) is 0 Å². The minimum absolute atomic E-state index is 0.00106. The molecule has 0 aromatic heterocycles. The van der Waals surface area contributed by atoms with E-state index in [1.807, 2.05) is 25.8 Å². The third-order valence-corrected chi connectivity index (χ3v) is 2.31. The number of nitriles is 1. The predicted molar refractivity (Wildman–Crippen MR) is 66.0 cm³/mol. The summed E-state index contributed by atoms with van der Waals surface area (Å²) in [4.78, 5) is 2.00. The highest BCUT2D eigenvalue weighted by atomic mass is 16.3. The van der Waals surface area contributed by atoms with E-state index in [0.29, 0.717) is 25.7 Å². The largest absolute Gasteiger partial charge is 0.388 e. The summed E-state index contributed by atoms with van der Waals surface area (Å²) in [5, 5.41) is 22.1. The summed E-state index contributed by atoms with van der Waals surface area (Å²) < 4.78 is 0. The SMILES string of the molecule is CC(C#N)CN(C)CC(C)(O)CNC(C)C. The van der Waals surface area contributed by atoms with Gasteiger partial charge in [-0.2, -0.15) is 5.26 Å². The van der Waals surface area contributed by atoms with Crippen molar-refractivity contribution >= 4 is 0 Å². The van der Waals surface area contributed by atoms with Gasteiger partial charge in [0.25, 0.3) is 0 Å². The van der Waals surface area contributed by atoms with Crippen LogP contribution in [0.25, 0.3) is 0 Å². The maximum absolute atomic E-state index is 10.1. The normalized spacial score (nSPS) is 17.2. The molecule has 0 spiro atoms. The monoisotopic (exact) mass is 227 g/mol. The van der Waals surface area contributed by atoms with E-state index >= 15 is 0 Å². The highest BCUT2D eigenvalue weighted by Crippen LogP contribution is 2.06. The van der Waals surface area contributed by atoms with Crippen LogP contribution < -0.4 is 5.32 Å². The molecule has 4 nitrogen and oxygen atoms in total. The lowest BCUT2D eigenvalue weighted by molar-refractivity contribution is 0.0243. The molecule has 0 fully saturated rings. The van der Waals surface area contributed by atoms with Gasteiger partial charge >= 0.3 is 0 Å². The fourth-order valence-electron chi connectivity index (χ4n) is 1.63. The molecular formula is C12H25N3O. The summed E-state index contributed by atoms with van der Waals surface area (Å²) >= 11 is 0. The number of hydrogen-bond acceptors (Lipinski definition) is 4. The first-order chi connectivity index (χ1) is 7.26. The smallest absolute Gasteiger partial charge is 0.0869 e.